The number of rotatable bonds is 6. The van der Waals surface area contributed by atoms with Gasteiger partial charge in [-0.05, 0) is 18.6 Å². The van der Waals surface area contributed by atoms with E-state index < -0.39 is 15.8 Å². The molecular weight excluding hydrogens is 378 g/mol. The summed E-state index contributed by atoms with van der Waals surface area (Å²) < 4.78 is 30.4. The number of nitrogens with zero attached hydrogens (tertiary/aromatic N) is 1. The molecule has 0 aliphatic heterocycles. The predicted molar refractivity (Wildman–Crippen MR) is 108 cm³/mol. The molecule has 1 N–H and O–H groups in total. The van der Waals surface area contributed by atoms with Crippen LogP contribution in [0.5, 0.6) is 5.75 Å². The second kappa shape index (κ2) is 7.44. The van der Waals surface area contributed by atoms with Crippen molar-refractivity contribution in [3.63, 3.8) is 0 Å². The van der Waals surface area contributed by atoms with E-state index in [4.69, 9.17) is 4.74 Å². The van der Waals surface area contributed by atoms with Crippen LogP contribution in [0.25, 0.3) is 22.2 Å². The number of benzene rings is 2. The Morgan fingerprint density at radius 1 is 1.25 bits per heavy atom. The van der Waals surface area contributed by atoms with Crippen molar-refractivity contribution in [2.75, 3.05) is 12.9 Å². The van der Waals surface area contributed by atoms with Gasteiger partial charge in [0, 0.05) is 17.0 Å². The lowest BCUT2D eigenvalue weighted by Gasteiger charge is -2.15. The fraction of sp³-hybridized carbons (Fsp3) is 0.143. The summed E-state index contributed by atoms with van der Waals surface area (Å²) in [6, 6.07) is 12.0. The molecule has 3 aromatic rings. The van der Waals surface area contributed by atoms with Gasteiger partial charge in [0.1, 0.15) is 10.6 Å². The van der Waals surface area contributed by atoms with E-state index in [1.807, 2.05) is 30.3 Å². The number of carboxylic acid groups (broad SMARTS) is 1. The van der Waals surface area contributed by atoms with Gasteiger partial charge in [-0.15, -0.1) is 6.58 Å². The minimum absolute atomic E-state index is 0.0153. The maximum atomic E-state index is 12.6. The Labute approximate surface area is 163 Å². The van der Waals surface area contributed by atoms with E-state index in [0.29, 0.717) is 16.8 Å². The van der Waals surface area contributed by atoms with Gasteiger partial charge in [0.2, 0.25) is 0 Å². The van der Waals surface area contributed by atoms with Gasteiger partial charge >= 0.3 is 5.97 Å². The molecule has 144 valence electrons. The van der Waals surface area contributed by atoms with Gasteiger partial charge in [0.25, 0.3) is 0 Å². The monoisotopic (exact) mass is 397 g/mol. The number of pyridine rings is 1. The first-order chi connectivity index (χ1) is 13.3. The van der Waals surface area contributed by atoms with Crippen molar-refractivity contribution in [1.29, 1.82) is 0 Å². The average molecular weight is 397 g/mol. The summed E-state index contributed by atoms with van der Waals surface area (Å²) in [5, 5.41) is 10.1. The molecule has 6 nitrogen and oxygen atoms in total. The SMILES string of the molecule is C=CCS(=O)(=O)c1cc2c(C(=O)O)c(C)c(-c3ccccc3)nc2cc1OC. The molecule has 0 amide bonds. The number of sulfone groups is 1. The lowest BCUT2D eigenvalue weighted by atomic mass is 9.97. The molecule has 0 fully saturated rings. The number of aromatic carboxylic acids is 1. The summed E-state index contributed by atoms with van der Waals surface area (Å²) in [5.74, 6) is -1.33. The summed E-state index contributed by atoms with van der Waals surface area (Å²) in [7, 11) is -2.37. The van der Waals surface area contributed by atoms with Crippen molar-refractivity contribution in [2.45, 2.75) is 11.8 Å². The largest absolute Gasteiger partial charge is 0.495 e. The van der Waals surface area contributed by atoms with E-state index in [2.05, 4.69) is 11.6 Å². The van der Waals surface area contributed by atoms with Crippen LogP contribution in [0.15, 0.2) is 60.0 Å². The molecular formula is C21H19NO5S. The molecule has 0 saturated heterocycles. The van der Waals surface area contributed by atoms with E-state index in [1.54, 1.807) is 6.92 Å². The Morgan fingerprint density at radius 3 is 2.50 bits per heavy atom. The molecule has 0 aliphatic carbocycles. The highest BCUT2D eigenvalue weighted by Crippen LogP contribution is 2.35. The van der Waals surface area contributed by atoms with Crippen molar-refractivity contribution < 1.29 is 23.1 Å². The first-order valence-corrected chi connectivity index (χ1v) is 10.1. The molecule has 3 rings (SSSR count). The van der Waals surface area contributed by atoms with Crippen LogP contribution in [-0.2, 0) is 9.84 Å². The van der Waals surface area contributed by atoms with Crippen LogP contribution in [0.3, 0.4) is 0 Å². The molecule has 1 aromatic heterocycles. The van der Waals surface area contributed by atoms with Gasteiger partial charge in [-0.1, -0.05) is 36.4 Å². The summed E-state index contributed by atoms with van der Waals surface area (Å²) in [4.78, 5) is 16.6. The molecule has 0 unspecified atom stereocenters. The van der Waals surface area contributed by atoms with Gasteiger partial charge < -0.3 is 9.84 Å². The van der Waals surface area contributed by atoms with Crippen LogP contribution in [0, 0.1) is 6.92 Å². The Hall–Kier alpha value is -3.19. The molecule has 0 atom stereocenters. The van der Waals surface area contributed by atoms with Crippen LogP contribution in [-0.4, -0.2) is 37.3 Å². The summed E-state index contributed by atoms with van der Waals surface area (Å²) in [6.07, 6.45) is 1.28. The fourth-order valence-electron chi connectivity index (χ4n) is 3.17. The van der Waals surface area contributed by atoms with Gasteiger partial charge in [0.15, 0.2) is 9.84 Å². The number of carbonyl (C=O) groups is 1. The van der Waals surface area contributed by atoms with Crippen molar-refractivity contribution in [3.8, 4) is 17.0 Å². The third kappa shape index (κ3) is 3.36. The molecule has 28 heavy (non-hydrogen) atoms. The number of ether oxygens (including phenoxy) is 1. The van der Waals surface area contributed by atoms with E-state index in [1.165, 1.54) is 25.3 Å². The van der Waals surface area contributed by atoms with Crippen LogP contribution >= 0.6 is 0 Å². The lowest BCUT2D eigenvalue weighted by Crippen LogP contribution is -2.09. The smallest absolute Gasteiger partial charge is 0.336 e. The molecule has 0 spiro atoms. The highest BCUT2D eigenvalue weighted by molar-refractivity contribution is 7.91. The van der Waals surface area contributed by atoms with Gasteiger partial charge in [0.05, 0.1) is 29.6 Å². The Morgan fingerprint density at radius 2 is 1.93 bits per heavy atom. The lowest BCUT2D eigenvalue weighted by molar-refractivity contribution is 0.0698. The normalized spacial score (nSPS) is 11.4. The van der Waals surface area contributed by atoms with Crippen molar-refractivity contribution >= 4 is 26.7 Å². The topological polar surface area (TPSA) is 93.6 Å². The van der Waals surface area contributed by atoms with E-state index >= 15 is 0 Å². The Kier molecular flexibility index (Phi) is 5.20. The van der Waals surface area contributed by atoms with Gasteiger partial charge in [-0.25, -0.2) is 18.2 Å². The summed E-state index contributed by atoms with van der Waals surface area (Å²) >= 11 is 0. The molecule has 2 aromatic carbocycles. The molecule has 1 heterocycles. The van der Waals surface area contributed by atoms with Gasteiger partial charge in [-0.2, -0.15) is 0 Å². The number of fused-ring (bicyclic) bond motifs is 1. The molecule has 0 saturated carbocycles. The van der Waals surface area contributed by atoms with Crippen molar-refractivity contribution in [1.82, 2.24) is 4.98 Å². The van der Waals surface area contributed by atoms with Crippen molar-refractivity contribution in [2.24, 2.45) is 0 Å². The number of carboxylic acids is 1. The zero-order valence-electron chi connectivity index (χ0n) is 15.5. The zero-order valence-corrected chi connectivity index (χ0v) is 16.3. The number of methoxy groups -OCH3 is 1. The number of aromatic nitrogens is 1. The first kappa shape index (κ1) is 19.6. The van der Waals surface area contributed by atoms with E-state index in [9.17, 15) is 18.3 Å². The number of hydrogen-bond donors (Lipinski definition) is 1. The van der Waals surface area contributed by atoms with Crippen LogP contribution < -0.4 is 4.74 Å². The minimum atomic E-state index is -3.73. The highest BCUT2D eigenvalue weighted by Gasteiger charge is 2.24. The quantitative estimate of drug-likeness (QED) is 0.635. The predicted octanol–water partition coefficient (Wildman–Crippen LogP) is 3.88. The fourth-order valence-corrected chi connectivity index (χ4v) is 4.40. The third-order valence-corrected chi connectivity index (χ3v) is 6.11. The average Bonchev–Trinajstić information content (AvgIpc) is 2.66. The van der Waals surface area contributed by atoms with Crippen LogP contribution in [0.2, 0.25) is 0 Å². The molecule has 0 bridgehead atoms. The minimum Gasteiger partial charge on any atom is -0.495 e. The molecule has 0 aliphatic rings. The third-order valence-electron chi connectivity index (χ3n) is 4.45. The van der Waals surface area contributed by atoms with Crippen LogP contribution in [0.4, 0.5) is 0 Å². The maximum absolute atomic E-state index is 12.6. The molecule has 0 radical (unpaired) electrons. The zero-order chi connectivity index (χ0) is 20.5. The first-order valence-electron chi connectivity index (χ1n) is 8.45. The van der Waals surface area contributed by atoms with Crippen LogP contribution in [0.1, 0.15) is 15.9 Å². The van der Waals surface area contributed by atoms with Gasteiger partial charge in [-0.3, -0.25) is 0 Å². The second-order valence-corrected chi connectivity index (χ2v) is 8.22. The van der Waals surface area contributed by atoms with Crippen molar-refractivity contribution in [3.05, 3.63) is 66.2 Å². The molecule has 7 heteroatoms. The Balaban J connectivity index is 2.43. The standard InChI is InChI=1S/C21H19NO5S/c1-4-10-28(25,26)18-11-15-16(12-17(18)27-3)22-20(13(2)19(15)21(23)24)14-8-6-5-7-9-14/h4-9,11-12H,1,10H2,2-3H3,(H,23,24). The summed E-state index contributed by atoms with van der Waals surface area (Å²) in [5.41, 5.74) is 2.11. The Bertz CT molecular complexity index is 1180. The summed E-state index contributed by atoms with van der Waals surface area (Å²) in [6.45, 7) is 5.13. The maximum Gasteiger partial charge on any atom is 0.336 e. The van der Waals surface area contributed by atoms with E-state index in [0.717, 1.165) is 5.56 Å². The number of hydrogen-bond acceptors (Lipinski definition) is 5. The highest BCUT2D eigenvalue weighted by atomic mass is 32.2. The van der Waals surface area contributed by atoms with E-state index in [-0.39, 0.29) is 27.3 Å². The second-order valence-electron chi connectivity index (χ2n) is 6.22.